The molecule has 0 radical (unpaired) electrons. The molecule has 66 heavy (non-hydrogen) atoms. The highest BCUT2D eigenvalue weighted by Crippen LogP contribution is 2.23. The Kier molecular flexibility index (Phi) is 19.2. The molecule has 5 amide bonds. The quantitative estimate of drug-likeness (QED) is 0.0411. The molecule has 5 atom stereocenters. The first-order chi connectivity index (χ1) is 31.3. The Morgan fingerprint density at radius 3 is 1.68 bits per heavy atom. The Morgan fingerprint density at radius 2 is 1.17 bits per heavy atom. The molecule has 0 unspecified atom stereocenters. The maximum Gasteiger partial charge on any atom is 0.407 e. The highest BCUT2D eigenvalue weighted by Gasteiger charge is 2.39. The Balaban J connectivity index is 1.77. The predicted molar refractivity (Wildman–Crippen MR) is 249 cm³/mol. The van der Waals surface area contributed by atoms with Gasteiger partial charge in [-0.15, -0.1) is 0 Å². The largest absolute Gasteiger partial charge is 0.457 e. The molecule has 0 bridgehead atoms. The van der Waals surface area contributed by atoms with E-state index in [1.807, 2.05) is 103 Å². The minimum atomic E-state index is -1.25. The summed E-state index contributed by atoms with van der Waals surface area (Å²) >= 11 is 0. The molecule has 17 heteroatoms. The number of hydrogen-bond donors (Lipinski definition) is 6. The number of hydrogen-bond acceptors (Lipinski definition) is 12. The standard InChI is InChI=1S/C49H64N8O9/c1-48(2,3)41(54-46(62)64-7)44(60)53-38(28-33-19-13-10-14-20-33)39(66-40(58)29-52-43(59)36(50)27-32-17-11-9-12-18-32)31-57(56-45(61)42(49(4,5)6)55-47(63)65-8)30-34-22-24-35(25-23-34)37-21-15-16-26-51-37/h9-26,36,38-39,41-42H,27-31,50H2,1-8H3,(H,52,59)(H,53,60)(H,54,62)(H,55,63)(H,56,61)/t36-,38-,39-,41+,42+/m0/s1. The third-order valence-corrected chi connectivity index (χ3v) is 10.5. The van der Waals surface area contributed by atoms with Crippen molar-refractivity contribution in [2.24, 2.45) is 16.6 Å². The van der Waals surface area contributed by atoms with Crippen molar-refractivity contribution in [1.82, 2.24) is 36.7 Å². The van der Waals surface area contributed by atoms with Gasteiger partial charge in [-0.25, -0.2) is 14.6 Å². The van der Waals surface area contributed by atoms with Gasteiger partial charge in [-0.1, -0.05) is 133 Å². The summed E-state index contributed by atoms with van der Waals surface area (Å²) in [6.45, 7) is 9.87. The molecule has 1 heterocycles. The monoisotopic (exact) mass is 908 g/mol. The van der Waals surface area contributed by atoms with Crippen LogP contribution in [0.4, 0.5) is 9.59 Å². The van der Waals surface area contributed by atoms with Gasteiger partial charge in [-0.2, -0.15) is 0 Å². The van der Waals surface area contributed by atoms with E-state index in [2.05, 4.69) is 31.7 Å². The van der Waals surface area contributed by atoms with Gasteiger partial charge in [0.25, 0.3) is 5.91 Å². The molecule has 0 aliphatic heterocycles. The van der Waals surface area contributed by atoms with Crippen molar-refractivity contribution >= 4 is 35.9 Å². The maximum absolute atomic E-state index is 14.4. The lowest BCUT2D eigenvalue weighted by Gasteiger charge is -2.37. The summed E-state index contributed by atoms with van der Waals surface area (Å²) in [5.74, 6) is -2.66. The van der Waals surface area contributed by atoms with Gasteiger partial charge in [0.15, 0.2) is 0 Å². The fourth-order valence-electron chi connectivity index (χ4n) is 6.94. The summed E-state index contributed by atoms with van der Waals surface area (Å²) in [5.41, 5.74) is 11.5. The van der Waals surface area contributed by atoms with Crippen molar-refractivity contribution in [3.05, 3.63) is 126 Å². The van der Waals surface area contributed by atoms with Gasteiger partial charge >= 0.3 is 18.2 Å². The number of aromatic nitrogens is 1. The van der Waals surface area contributed by atoms with Crippen LogP contribution in [0.15, 0.2) is 109 Å². The van der Waals surface area contributed by atoms with E-state index >= 15 is 0 Å². The van der Waals surface area contributed by atoms with E-state index in [0.29, 0.717) is 0 Å². The SMILES string of the molecule is COC(=O)N[C@H](C(=O)N[C@@H](Cc1ccccc1)[C@H](CN(Cc1ccc(-c2ccccn2)cc1)NC(=O)[C@@H](NC(=O)OC)C(C)(C)C)OC(=O)CNC(=O)[C@@H](N)Cc1ccccc1)C(C)(C)C. The number of pyridine rings is 1. The van der Waals surface area contributed by atoms with Crippen LogP contribution in [0.25, 0.3) is 11.3 Å². The topological polar surface area (TPSA) is 232 Å². The molecule has 0 saturated carbocycles. The molecule has 0 aliphatic carbocycles. The van der Waals surface area contributed by atoms with Crippen LogP contribution in [-0.4, -0.2) is 103 Å². The summed E-state index contributed by atoms with van der Waals surface area (Å²) in [5, 5.41) is 12.4. The van der Waals surface area contributed by atoms with E-state index in [9.17, 15) is 28.8 Å². The van der Waals surface area contributed by atoms with Crippen molar-refractivity contribution in [1.29, 1.82) is 0 Å². The normalized spacial score (nSPS) is 13.7. The van der Waals surface area contributed by atoms with Crippen molar-refractivity contribution < 1.29 is 43.0 Å². The smallest absolute Gasteiger partial charge is 0.407 e. The number of amides is 5. The van der Waals surface area contributed by atoms with E-state index in [4.69, 9.17) is 19.9 Å². The Labute approximate surface area is 386 Å². The molecule has 354 valence electrons. The zero-order valence-corrected chi connectivity index (χ0v) is 39.0. The van der Waals surface area contributed by atoms with Crippen LogP contribution in [0.1, 0.15) is 58.2 Å². The maximum atomic E-state index is 14.4. The van der Waals surface area contributed by atoms with Crippen LogP contribution < -0.4 is 32.4 Å². The number of alkyl carbamates (subject to hydrolysis) is 2. The third-order valence-electron chi connectivity index (χ3n) is 10.5. The number of ether oxygens (including phenoxy) is 3. The Morgan fingerprint density at radius 1 is 0.636 bits per heavy atom. The van der Waals surface area contributed by atoms with Crippen molar-refractivity contribution in [2.45, 2.75) is 91.2 Å². The van der Waals surface area contributed by atoms with Crippen molar-refractivity contribution in [3.8, 4) is 11.3 Å². The second-order valence-electron chi connectivity index (χ2n) is 18.0. The molecule has 4 aromatic rings. The fourth-order valence-corrected chi connectivity index (χ4v) is 6.94. The van der Waals surface area contributed by atoms with E-state index in [-0.39, 0.29) is 25.9 Å². The van der Waals surface area contributed by atoms with Gasteiger partial charge in [0.05, 0.1) is 38.5 Å². The summed E-state index contributed by atoms with van der Waals surface area (Å²) < 4.78 is 15.9. The molecular formula is C49H64N8O9. The van der Waals surface area contributed by atoms with Crippen LogP contribution in [-0.2, 0) is 52.8 Å². The van der Waals surface area contributed by atoms with Gasteiger partial charge in [0.2, 0.25) is 11.8 Å². The summed E-state index contributed by atoms with van der Waals surface area (Å²) in [6, 6.07) is 27.2. The average Bonchev–Trinajstić information content (AvgIpc) is 3.28. The van der Waals surface area contributed by atoms with Crippen LogP contribution in [0.5, 0.6) is 0 Å². The molecule has 0 fully saturated rings. The molecule has 1 aromatic heterocycles. The lowest BCUT2D eigenvalue weighted by atomic mass is 9.85. The number of nitrogens with two attached hydrogens (primary N) is 1. The average molecular weight is 909 g/mol. The number of benzene rings is 3. The molecule has 4 rings (SSSR count). The van der Waals surface area contributed by atoms with E-state index in [0.717, 1.165) is 27.9 Å². The molecule has 7 N–H and O–H groups in total. The Bertz CT molecular complexity index is 2200. The van der Waals surface area contributed by atoms with Crippen LogP contribution in [0.2, 0.25) is 0 Å². The van der Waals surface area contributed by atoms with Gasteiger partial charge < -0.3 is 41.2 Å². The second kappa shape index (κ2) is 24.4. The van der Waals surface area contributed by atoms with Gasteiger partial charge in [-0.3, -0.25) is 29.6 Å². The number of methoxy groups -OCH3 is 2. The number of carbonyl (C=O) groups is 6. The third kappa shape index (κ3) is 16.6. The second-order valence-corrected chi connectivity index (χ2v) is 18.0. The number of rotatable bonds is 20. The minimum Gasteiger partial charge on any atom is -0.457 e. The highest BCUT2D eigenvalue weighted by atomic mass is 16.6. The molecular weight excluding hydrogens is 845 g/mol. The number of nitrogens with zero attached hydrogens (tertiary/aromatic N) is 2. The number of carbonyl (C=O) groups excluding carboxylic acids is 6. The first-order valence-corrected chi connectivity index (χ1v) is 21.6. The summed E-state index contributed by atoms with van der Waals surface area (Å²) in [7, 11) is 2.38. The first-order valence-electron chi connectivity index (χ1n) is 21.6. The van der Waals surface area contributed by atoms with E-state index < -0.39 is 83.5 Å². The van der Waals surface area contributed by atoms with Gasteiger partial charge in [-0.05, 0) is 52.5 Å². The number of nitrogens with one attached hydrogen (secondary N) is 5. The predicted octanol–water partition coefficient (Wildman–Crippen LogP) is 4.45. The van der Waals surface area contributed by atoms with Crippen molar-refractivity contribution in [2.75, 3.05) is 27.3 Å². The molecule has 3 aromatic carbocycles. The zero-order valence-electron chi connectivity index (χ0n) is 39.0. The zero-order chi connectivity index (χ0) is 48.4. The highest BCUT2D eigenvalue weighted by molar-refractivity contribution is 5.88. The molecule has 0 saturated heterocycles. The lowest BCUT2D eigenvalue weighted by Crippen LogP contribution is -2.61. The minimum absolute atomic E-state index is 0.0446. The number of esters is 1. The molecule has 17 nitrogen and oxygen atoms in total. The fraction of sp³-hybridized carbons (Fsp3) is 0.408. The summed E-state index contributed by atoms with van der Waals surface area (Å²) in [4.78, 5) is 85.3. The summed E-state index contributed by atoms with van der Waals surface area (Å²) in [6.07, 6.45) is -0.861. The van der Waals surface area contributed by atoms with Crippen molar-refractivity contribution in [3.63, 3.8) is 0 Å². The number of hydrazine groups is 1. The van der Waals surface area contributed by atoms with Crippen LogP contribution in [0, 0.1) is 10.8 Å². The Hall–Kier alpha value is -6.85. The lowest BCUT2D eigenvalue weighted by molar-refractivity contribution is -0.153. The van der Waals surface area contributed by atoms with Crippen LogP contribution >= 0.6 is 0 Å². The molecule has 0 spiro atoms. The van der Waals surface area contributed by atoms with E-state index in [1.165, 1.54) is 19.2 Å². The van der Waals surface area contributed by atoms with Gasteiger partial charge in [0, 0.05) is 18.3 Å². The first kappa shape index (κ1) is 51.8. The van der Waals surface area contributed by atoms with Crippen LogP contribution in [0.3, 0.4) is 0 Å². The van der Waals surface area contributed by atoms with Gasteiger partial charge in [0.1, 0.15) is 24.7 Å². The molecule has 0 aliphatic rings. The van der Waals surface area contributed by atoms with E-state index in [1.54, 1.807) is 47.7 Å².